The van der Waals surface area contributed by atoms with Gasteiger partial charge < -0.3 is 10.4 Å². The zero-order valence-electron chi connectivity index (χ0n) is 11.9. The van der Waals surface area contributed by atoms with Crippen molar-refractivity contribution in [2.45, 2.75) is 45.1 Å². The predicted octanol–water partition coefficient (Wildman–Crippen LogP) is 3.12. The molecule has 0 saturated heterocycles. The van der Waals surface area contributed by atoms with E-state index in [9.17, 15) is 18.4 Å². The zero-order chi connectivity index (χ0) is 15.8. The van der Waals surface area contributed by atoms with Gasteiger partial charge >= 0.3 is 5.97 Å². The van der Waals surface area contributed by atoms with Crippen molar-refractivity contribution in [2.24, 2.45) is 0 Å². The Bertz CT molecular complexity index is 485. The van der Waals surface area contributed by atoms with E-state index in [1.165, 1.54) is 0 Å². The molecule has 4 nitrogen and oxygen atoms in total. The fourth-order valence-corrected chi connectivity index (χ4v) is 1.96. The first kappa shape index (κ1) is 17.1. The van der Waals surface area contributed by atoms with E-state index in [1.807, 2.05) is 6.92 Å². The minimum absolute atomic E-state index is 0.229. The monoisotopic (exact) mass is 299 g/mol. The average molecular weight is 299 g/mol. The summed E-state index contributed by atoms with van der Waals surface area (Å²) in [4.78, 5) is 22.9. The summed E-state index contributed by atoms with van der Waals surface area (Å²) in [5.41, 5.74) is -0.229. The Morgan fingerprint density at radius 3 is 2.29 bits per heavy atom. The molecule has 1 amide bonds. The molecule has 0 aliphatic rings. The second-order valence-corrected chi connectivity index (χ2v) is 4.87. The van der Waals surface area contributed by atoms with E-state index >= 15 is 0 Å². The largest absolute Gasteiger partial charge is 0.480 e. The highest BCUT2D eigenvalue weighted by atomic mass is 19.1. The minimum atomic E-state index is -1.16. The van der Waals surface area contributed by atoms with E-state index in [0.717, 1.165) is 31.4 Å². The van der Waals surface area contributed by atoms with Crippen molar-refractivity contribution in [1.29, 1.82) is 0 Å². The molecule has 0 fully saturated rings. The first-order valence-corrected chi connectivity index (χ1v) is 6.93. The molecule has 0 radical (unpaired) electrons. The van der Waals surface area contributed by atoms with Crippen LogP contribution in [0.2, 0.25) is 0 Å². The van der Waals surface area contributed by atoms with Gasteiger partial charge in [0, 0.05) is 11.6 Å². The highest BCUT2D eigenvalue weighted by Gasteiger charge is 2.20. The number of carbonyl (C=O) groups is 2. The number of unbranched alkanes of at least 4 members (excludes halogenated alkanes) is 3. The van der Waals surface area contributed by atoms with Crippen molar-refractivity contribution in [3.8, 4) is 0 Å². The minimum Gasteiger partial charge on any atom is -0.480 e. The SMILES string of the molecule is CCCCCC[C@@H](NC(=O)c1cc(F)cc(F)c1)C(=O)O. The maximum atomic E-state index is 13.0. The van der Waals surface area contributed by atoms with Gasteiger partial charge in [0.05, 0.1) is 0 Å². The molecule has 0 aliphatic heterocycles. The molecule has 6 heteroatoms. The number of amides is 1. The third-order valence-electron chi connectivity index (χ3n) is 3.07. The van der Waals surface area contributed by atoms with E-state index in [1.54, 1.807) is 0 Å². The van der Waals surface area contributed by atoms with Crippen molar-refractivity contribution in [3.05, 3.63) is 35.4 Å². The Labute approximate surface area is 122 Å². The number of nitrogens with one attached hydrogen (secondary N) is 1. The van der Waals surface area contributed by atoms with Crippen LogP contribution in [-0.2, 0) is 4.79 Å². The second-order valence-electron chi connectivity index (χ2n) is 4.87. The maximum Gasteiger partial charge on any atom is 0.326 e. The lowest BCUT2D eigenvalue weighted by atomic mass is 10.1. The Balaban J connectivity index is 2.65. The maximum absolute atomic E-state index is 13.0. The van der Waals surface area contributed by atoms with Gasteiger partial charge in [-0.25, -0.2) is 13.6 Å². The standard InChI is InChI=1S/C15H19F2NO3/c1-2-3-4-5-6-13(15(20)21)18-14(19)10-7-11(16)9-12(17)8-10/h7-9,13H,2-6H2,1H3,(H,18,19)(H,20,21)/t13-/m1/s1. The summed E-state index contributed by atoms with van der Waals surface area (Å²) < 4.78 is 26.1. The van der Waals surface area contributed by atoms with Gasteiger partial charge in [-0.3, -0.25) is 4.79 Å². The first-order valence-electron chi connectivity index (χ1n) is 6.93. The van der Waals surface area contributed by atoms with Crippen molar-refractivity contribution in [3.63, 3.8) is 0 Å². The van der Waals surface area contributed by atoms with Gasteiger partial charge in [0.25, 0.3) is 5.91 Å². The number of carbonyl (C=O) groups excluding carboxylic acids is 1. The van der Waals surface area contributed by atoms with Gasteiger partial charge in [0.1, 0.15) is 17.7 Å². The number of hydrogen-bond acceptors (Lipinski definition) is 2. The lowest BCUT2D eigenvalue weighted by Gasteiger charge is -2.14. The van der Waals surface area contributed by atoms with E-state index in [4.69, 9.17) is 5.11 Å². The van der Waals surface area contributed by atoms with Crippen LogP contribution in [0.5, 0.6) is 0 Å². The smallest absolute Gasteiger partial charge is 0.326 e. The molecule has 2 N–H and O–H groups in total. The average Bonchev–Trinajstić information content (AvgIpc) is 2.40. The van der Waals surface area contributed by atoms with Gasteiger partial charge in [-0.05, 0) is 18.6 Å². The summed E-state index contributed by atoms with van der Waals surface area (Å²) in [5, 5.41) is 11.4. The second kappa shape index (κ2) is 8.34. The van der Waals surface area contributed by atoms with Crippen LogP contribution in [0.25, 0.3) is 0 Å². The molecule has 1 atom stereocenters. The van der Waals surface area contributed by atoms with Crippen molar-refractivity contribution in [2.75, 3.05) is 0 Å². The van der Waals surface area contributed by atoms with Crippen LogP contribution in [0.15, 0.2) is 18.2 Å². The van der Waals surface area contributed by atoms with Crippen LogP contribution in [0.4, 0.5) is 8.78 Å². The van der Waals surface area contributed by atoms with E-state index in [-0.39, 0.29) is 5.56 Å². The Hall–Kier alpha value is -1.98. The van der Waals surface area contributed by atoms with Crippen molar-refractivity contribution < 1.29 is 23.5 Å². The van der Waals surface area contributed by atoms with Crippen LogP contribution in [-0.4, -0.2) is 23.0 Å². The normalized spacial score (nSPS) is 12.0. The molecule has 21 heavy (non-hydrogen) atoms. The van der Waals surface area contributed by atoms with E-state index in [0.29, 0.717) is 18.9 Å². The molecule has 1 aromatic carbocycles. The number of rotatable bonds is 8. The van der Waals surface area contributed by atoms with Gasteiger partial charge in [-0.2, -0.15) is 0 Å². The lowest BCUT2D eigenvalue weighted by molar-refractivity contribution is -0.139. The van der Waals surface area contributed by atoms with Crippen LogP contribution >= 0.6 is 0 Å². The summed E-state index contributed by atoms with van der Waals surface area (Å²) in [6.07, 6.45) is 3.86. The third kappa shape index (κ3) is 5.89. The molecule has 0 bridgehead atoms. The summed E-state index contributed by atoms with van der Waals surface area (Å²) in [5.74, 6) is -3.71. The molecule has 0 aromatic heterocycles. The lowest BCUT2D eigenvalue weighted by Crippen LogP contribution is -2.40. The molecular formula is C15H19F2NO3. The molecular weight excluding hydrogens is 280 g/mol. The van der Waals surface area contributed by atoms with Gasteiger partial charge in [0.15, 0.2) is 0 Å². The zero-order valence-corrected chi connectivity index (χ0v) is 11.9. The number of carboxylic acids is 1. The van der Waals surface area contributed by atoms with E-state index < -0.39 is 29.6 Å². The predicted molar refractivity (Wildman–Crippen MR) is 74.0 cm³/mol. The van der Waals surface area contributed by atoms with Crippen LogP contribution in [0.1, 0.15) is 49.4 Å². The van der Waals surface area contributed by atoms with Crippen LogP contribution in [0, 0.1) is 11.6 Å². The number of aliphatic carboxylic acids is 1. The Kier molecular flexibility index (Phi) is 6.78. The highest BCUT2D eigenvalue weighted by molar-refractivity contribution is 5.96. The Morgan fingerprint density at radius 2 is 1.76 bits per heavy atom. The number of carboxylic acid groups (broad SMARTS) is 1. The van der Waals surface area contributed by atoms with Crippen molar-refractivity contribution >= 4 is 11.9 Å². The summed E-state index contributed by atoms with van der Waals surface area (Å²) in [6.45, 7) is 2.04. The molecule has 1 aromatic rings. The Morgan fingerprint density at radius 1 is 1.14 bits per heavy atom. The van der Waals surface area contributed by atoms with Gasteiger partial charge in [-0.1, -0.05) is 32.6 Å². The third-order valence-corrected chi connectivity index (χ3v) is 3.07. The topological polar surface area (TPSA) is 66.4 Å². The molecule has 116 valence electrons. The summed E-state index contributed by atoms with van der Waals surface area (Å²) >= 11 is 0. The molecule has 1 rings (SSSR count). The number of hydrogen-bond donors (Lipinski definition) is 2. The van der Waals surface area contributed by atoms with Crippen LogP contribution in [0.3, 0.4) is 0 Å². The quantitative estimate of drug-likeness (QED) is 0.725. The van der Waals surface area contributed by atoms with E-state index in [2.05, 4.69) is 5.32 Å². The van der Waals surface area contributed by atoms with Crippen molar-refractivity contribution in [1.82, 2.24) is 5.32 Å². The molecule has 0 unspecified atom stereocenters. The fraction of sp³-hybridized carbons (Fsp3) is 0.467. The molecule has 0 heterocycles. The number of halogens is 2. The number of benzene rings is 1. The summed E-state index contributed by atoms with van der Waals surface area (Å²) in [6, 6.07) is 1.33. The van der Waals surface area contributed by atoms with Gasteiger partial charge in [0.2, 0.25) is 0 Å². The highest BCUT2D eigenvalue weighted by Crippen LogP contribution is 2.10. The summed E-state index contributed by atoms with van der Waals surface area (Å²) in [7, 11) is 0. The first-order chi connectivity index (χ1) is 9.93. The fourth-order valence-electron chi connectivity index (χ4n) is 1.96. The molecule has 0 spiro atoms. The van der Waals surface area contributed by atoms with Gasteiger partial charge in [-0.15, -0.1) is 0 Å². The molecule has 0 saturated carbocycles. The molecule has 0 aliphatic carbocycles. The van der Waals surface area contributed by atoms with Crippen LogP contribution < -0.4 is 5.32 Å².